The zero-order chi connectivity index (χ0) is 20.7. The zero-order valence-electron chi connectivity index (χ0n) is 17.3. The maximum atomic E-state index is 12.3. The number of anilines is 1. The Labute approximate surface area is 190 Å². The molecule has 6 rings (SSSR count). The number of hydrogen-bond acceptors (Lipinski definition) is 5. The lowest BCUT2D eigenvalue weighted by Gasteiger charge is -2.56. The maximum absolute atomic E-state index is 12.3. The summed E-state index contributed by atoms with van der Waals surface area (Å²) in [5.74, 6) is 4.72. The second-order valence-electron chi connectivity index (χ2n) is 9.44. The number of amides is 1. The van der Waals surface area contributed by atoms with Gasteiger partial charge in [-0.2, -0.15) is 0 Å². The van der Waals surface area contributed by atoms with Crippen molar-refractivity contribution in [2.75, 3.05) is 11.1 Å². The minimum atomic E-state index is -0.0805. The fourth-order valence-corrected chi connectivity index (χ4v) is 7.53. The lowest BCUT2D eigenvalue weighted by molar-refractivity contribution is -0.113. The highest BCUT2D eigenvalue weighted by atomic mass is 79.9. The maximum Gasteiger partial charge on any atom is 0.236 e. The number of carbonyl (C=O) groups excluding carboxylic acids is 1. The summed E-state index contributed by atoms with van der Waals surface area (Å²) in [6, 6.07) is 3.64. The summed E-state index contributed by atoms with van der Waals surface area (Å²) in [5, 5.41) is 12.7. The summed E-state index contributed by atoms with van der Waals surface area (Å²) >= 11 is 4.81. The number of halogens is 1. The van der Waals surface area contributed by atoms with Crippen LogP contribution >= 0.6 is 27.7 Å². The van der Waals surface area contributed by atoms with Crippen molar-refractivity contribution in [3.8, 4) is 0 Å². The van der Waals surface area contributed by atoms with E-state index < -0.39 is 0 Å². The Morgan fingerprint density at radius 1 is 1.20 bits per heavy atom. The van der Waals surface area contributed by atoms with Gasteiger partial charge in [-0.15, -0.1) is 10.2 Å². The van der Waals surface area contributed by atoms with E-state index in [0.29, 0.717) is 17.0 Å². The van der Waals surface area contributed by atoms with E-state index in [1.54, 1.807) is 12.3 Å². The molecule has 4 aliphatic carbocycles. The van der Waals surface area contributed by atoms with Gasteiger partial charge in [0, 0.05) is 23.6 Å². The summed E-state index contributed by atoms with van der Waals surface area (Å²) in [4.78, 5) is 16.5. The van der Waals surface area contributed by atoms with Crippen LogP contribution in [0.3, 0.4) is 0 Å². The van der Waals surface area contributed by atoms with Gasteiger partial charge in [0.1, 0.15) is 11.6 Å². The van der Waals surface area contributed by atoms with Crippen LogP contribution < -0.4 is 5.32 Å². The largest absolute Gasteiger partial charge is 0.310 e. The fraction of sp³-hybridized carbons (Fsp3) is 0.636. The molecular formula is C22H28BrN5OS. The van der Waals surface area contributed by atoms with Crippen molar-refractivity contribution in [2.45, 2.75) is 63.6 Å². The van der Waals surface area contributed by atoms with Crippen LogP contribution in [-0.2, 0) is 17.8 Å². The van der Waals surface area contributed by atoms with Crippen molar-refractivity contribution < 1.29 is 4.79 Å². The highest BCUT2D eigenvalue weighted by molar-refractivity contribution is 9.10. The van der Waals surface area contributed by atoms with E-state index in [9.17, 15) is 4.79 Å². The molecule has 4 fully saturated rings. The van der Waals surface area contributed by atoms with E-state index in [2.05, 4.69) is 47.9 Å². The van der Waals surface area contributed by atoms with Crippen molar-refractivity contribution in [2.24, 2.45) is 23.2 Å². The Balaban J connectivity index is 1.23. The summed E-state index contributed by atoms with van der Waals surface area (Å²) in [6.45, 7) is 2.98. The molecule has 160 valence electrons. The molecule has 2 aromatic rings. The molecule has 0 aromatic carbocycles. The smallest absolute Gasteiger partial charge is 0.236 e. The molecule has 0 aliphatic heterocycles. The van der Waals surface area contributed by atoms with Gasteiger partial charge in [0.15, 0.2) is 5.16 Å². The Hall–Kier alpha value is -1.41. The molecule has 4 saturated carbocycles. The van der Waals surface area contributed by atoms with Crippen LogP contribution in [0.4, 0.5) is 5.82 Å². The van der Waals surface area contributed by atoms with E-state index >= 15 is 0 Å². The van der Waals surface area contributed by atoms with Gasteiger partial charge in [0.25, 0.3) is 0 Å². The zero-order valence-corrected chi connectivity index (χ0v) is 19.7. The number of nitrogens with one attached hydrogen (secondary N) is 1. The second-order valence-corrected chi connectivity index (χ2v) is 11.3. The van der Waals surface area contributed by atoms with Gasteiger partial charge in [-0.05, 0) is 96.7 Å². The molecule has 2 aromatic heterocycles. The van der Waals surface area contributed by atoms with E-state index in [0.717, 1.165) is 46.2 Å². The summed E-state index contributed by atoms with van der Waals surface area (Å²) in [6.07, 6.45) is 11.2. The van der Waals surface area contributed by atoms with Crippen molar-refractivity contribution >= 4 is 39.4 Å². The molecule has 1 amide bonds. The first-order valence-electron chi connectivity index (χ1n) is 11.0. The SMILES string of the molecule is CCn1c(CC23CC4CC(CC(C4)C2)C3)nnc1SCC(=O)Nc1ccc(Br)cn1. The van der Waals surface area contributed by atoms with Crippen molar-refractivity contribution in [1.82, 2.24) is 19.7 Å². The Morgan fingerprint density at radius 3 is 2.50 bits per heavy atom. The minimum absolute atomic E-state index is 0.0805. The molecule has 1 N–H and O–H groups in total. The lowest BCUT2D eigenvalue weighted by Crippen LogP contribution is -2.47. The lowest BCUT2D eigenvalue weighted by atomic mass is 9.49. The first-order chi connectivity index (χ1) is 14.5. The summed E-state index contributed by atoms with van der Waals surface area (Å²) < 4.78 is 3.10. The average Bonchev–Trinajstić information content (AvgIpc) is 3.08. The van der Waals surface area contributed by atoms with Crippen molar-refractivity contribution in [3.63, 3.8) is 0 Å². The van der Waals surface area contributed by atoms with E-state index in [4.69, 9.17) is 0 Å². The first kappa shape index (κ1) is 20.5. The van der Waals surface area contributed by atoms with Gasteiger partial charge in [0.2, 0.25) is 5.91 Å². The first-order valence-corrected chi connectivity index (χ1v) is 12.8. The van der Waals surface area contributed by atoms with Gasteiger partial charge in [-0.3, -0.25) is 4.79 Å². The molecule has 0 radical (unpaired) electrons. The summed E-state index contributed by atoms with van der Waals surface area (Å²) in [7, 11) is 0. The number of carbonyl (C=O) groups is 1. The summed E-state index contributed by atoms with van der Waals surface area (Å²) in [5.41, 5.74) is 0.446. The molecule has 8 heteroatoms. The average molecular weight is 490 g/mol. The normalized spacial score (nSPS) is 29.3. The Morgan fingerprint density at radius 2 is 1.90 bits per heavy atom. The third-order valence-electron chi connectivity index (χ3n) is 7.14. The van der Waals surface area contributed by atoms with Crippen LogP contribution in [0.25, 0.3) is 0 Å². The number of aromatic nitrogens is 4. The van der Waals surface area contributed by atoms with Crippen LogP contribution in [0.1, 0.15) is 51.3 Å². The topological polar surface area (TPSA) is 72.7 Å². The van der Waals surface area contributed by atoms with Gasteiger partial charge in [-0.25, -0.2) is 4.98 Å². The van der Waals surface area contributed by atoms with Gasteiger partial charge in [-0.1, -0.05) is 11.8 Å². The number of nitrogens with zero attached hydrogens (tertiary/aromatic N) is 4. The Bertz CT molecular complexity index is 893. The van der Waals surface area contributed by atoms with Crippen LogP contribution in [-0.4, -0.2) is 31.4 Å². The van der Waals surface area contributed by atoms with Gasteiger partial charge >= 0.3 is 0 Å². The van der Waals surface area contributed by atoms with E-state index in [1.807, 2.05) is 6.07 Å². The molecule has 30 heavy (non-hydrogen) atoms. The van der Waals surface area contributed by atoms with Crippen molar-refractivity contribution in [1.29, 1.82) is 0 Å². The molecule has 0 saturated heterocycles. The van der Waals surface area contributed by atoms with Gasteiger partial charge in [0.05, 0.1) is 5.75 Å². The predicted molar refractivity (Wildman–Crippen MR) is 121 cm³/mol. The van der Waals surface area contributed by atoms with E-state index in [1.165, 1.54) is 50.3 Å². The molecule has 0 unspecified atom stereocenters. The standard InChI is InChI=1S/C22H28BrN5OS/c1-2-28-19(11-22-8-14-5-15(9-22)7-16(6-14)10-22)26-27-21(28)30-13-20(29)25-18-4-3-17(23)12-24-18/h3-4,12,14-16H,2,5-11,13H2,1H3,(H,24,25,29). The predicted octanol–water partition coefficient (Wildman–Crippen LogP) is 4.95. The molecule has 2 heterocycles. The van der Waals surface area contributed by atoms with Crippen LogP contribution in [0.2, 0.25) is 0 Å². The number of hydrogen-bond donors (Lipinski definition) is 1. The highest BCUT2D eigenvalue weighted by Gasteiger charge is 2.51. The molecular weight excluding hydrogens is 462 g/mol. The second kappa shape index (κ2) is 8.26. The number of thioether (sulfide) groups is 1. The molecule has 0 atom stereocenters. The molecule has 6 nitrogen and oxygen atoms in total. The third kappa shape index (κ3) is 4.17. The third-order valence-corrected chi connectivity index (χ3v) is 8.57. The molecule has 0 spiro atoms. The van der Waals surface area contributed by atoms with Crippen LogP contribution in [0, 0.1) is 23.2 Å². The number of pyridine rings is 1. The Kier molecular flexibility index (Phi) is 5.64. The quantitative estimate of drug-likeness (QED) is 0.557. The number of rotatable bonds is 7. The van der Waals surface area contributed by atoms with Crippen LogP contribution in [0.15, 0.2) is 28.0 Å². The fourth-order valence-electron chi connectivity index (χ4n) is 6.47. The van der Waals surface area contributed by atoms with Gasteiger partial charge < -0.3 is 9.88 Å². The minimum Gasteiger partial charge on any atom is -0.310 e. The molecule has 4 bridgehead atoms. The van der Waals surface area contributed by atoms with Crippen LogP contribution in [0.5, 0.6) is 0 Å². The monoisotopic (exact) mass is 489 g/mol. The van der Waals surface area contributed by atoms with E-state index in [-0.39, 0.29) is 5.91 Å². The highest BCUT2D eigenvalue weighted by Crippen LogP contribution is 2.61. The molecule has 4 aliphatic rings. The van der Waals surface area contributed by atoms with Crippen molar-refractivity contribution in [3.05, 3.63) is 28.6 Å².